The van der Waals surface area contributed by atoms with Crippen LogP contribution in [0.2, 0.25) is 0 Å². The highest BCUT2D eigenvalue weighted by molar-refractivity contribution is 5.28. The highest BCUT2D eigenvalue weighted by Crippen LogP contribution is 2.44. The molecule has 19 heavy (non-hydrogen) atoms. The molecule has 1 aromatic carbocycles. The van der Waals surface area contributed by atoms with Crippen molar-refractivity contribution in [2.45, 2.75) is 57.3 Å². The van der Waals surface area contributed by atoms with Crippen LogP contribution in [0.3, 0.4) is 0 Å². The molecule has 0 amide bonds. The molecule has 2 rings (SSSR count). The molecule has 0 saturated carbocycles. The van der Waals surface area contributed by atoms with Crippen LogP contribution in [-0.2, 0) is 4.74 Å². The molecule has 1 saturated heterocycles. The Hall–Kier alpha value is -1.30. The lowest BCUT2D eigenvalue weighted by atomic mass is 9.97. The topological polar surface area (TPSA) is 32.8 Å². The first kappa shape index (κ1) is 14.1. The number of rotatable bonds is 5. The lowest BCUT2D eigenvalue weighted by Crippen LogP contribution is -2.29. The van der Waals surface area contributed by atoms with Gasteiger partial charge >= 0.3 is 0 Å². The Morgan fingerprint density at radius 1 is 1.26 bits per heavy atom. The van der Waals surface area contributed by atoms with Gasteiger partial charge in [0.15, 0.2) is 5.60 Å². The number of ether oxygens (including phenoxy) is 1. The predicted octanol–water partition coefficient (Wildman–Crippen LogP) is 3.46. The van der Waals surface area contributed by atoms with Crippen LogP contribution in [0.4, 0.5) is 0 Å². The molecular formula is C17H22O2. The van der Waals surface area contributed by atoms with Gasteiger partial charge in [0, 0.05) is 6.42 Å². The fraction of sp³-hybridized carbons (Fsp3) is 0.529. The van der Waals surface area contributed by atoms with Crippen LogP contribution < -0.4 is 0 Å². The predicted molar refractivity (Wildman–Crippen MR) is 76.6 cm³/mol. The third kappa shape index (κ3) is 3.83. The molecule has 0 aromatic heterocycles. The summed E-state index contributed by atoms with van der Waals surface area (Å²) in [5.74, 6) is 6.03. The third-order valence-electron chi connectivity index (χ3n) is 3.42. The van der Waals surface area contributed by atoms with Gasteiger partial charge in [-0.2, -0.15) is 0 Å². The average molecular weight is 258 g/mol. The first-order chi connectivity index (χ1) is 9.15. The zero-order valence-corrected chi connectivity index (χ0v) is 11.7. The summed E-state index contributed by atoms with van der Waals surface area (Å²) in [6.45, 7) is 3.92. The molecule has 1 N–H and O–H groups in total. The summed E-state index contributed by atoms with van der Waals surface area (Å²) in [4.78, 5) is 0. The number of epoxide rings is 1. The molecule has 2 heteroatoms. The van der Waals surface area contributed by atoms with Gasteiger partial charge in [-0.05, 0) is 18.9 Å². The Morgan fingerprint density at radius 2 is 2.00 bits per heavy atom. The fourth-order valence-electron chi connectivity index (χ4n) is 2.21. The normalized spacial score (nSPS) is 24.2. The van der Waals surface area contributed by atoms with Gasteiger partial charge in [0.25, 0.3) is 0 Å². The molecule has 1 aromatic rings. The van der Waals surface area contributed by atoms with Crippen molar-refractivity contribution >= 4 is 0 Å². The zero-order chi connectivity index (χ0) is 13.7. The summed E-state index contributed by atoms with van der Waals surface area (Å²) in [5.41, 5.74) is 0.0627. The summed E-state index contributed by atoms with van der Waals surface area (Å²) in [7, 11) is 0. The summed E-state index contributed by atoms with van der Waals surface area (Å²) in [6, 6.07) is 10.00. The van der Waals surface area contributed by atoms with Crippen molar-refractivity contribution in [3.05, 3.63) is 35.9 Å². The van der Waals surface area contributed by atoms with Crippen molar-refractivity contribution in [2.24, 2.45) is 0 Å². The Bertz CT molecular complexity index is 453. The van der Waals surface area contributed by atoms with Crippen LogP contribution in [0.5, 0.6) is 0 Å². The van der Waals surface area contributed by atoms with Gasteiger partial charge < -0.3 is 9.84 Å². The molecule has 0 radical (unpaired) electrons. The summed E-state index contributed by atoms with van der Waals surface area (Å²) in [5, 5.41) is 10.3. The highest BCUT2D eigenvalue weighted by atomic mass is 16.6. The second kappa shape index (κ2) is 6.23. The fourth-order valence-corrected chi connectivity index (χ4v) is 2.21. The van der Waals surface area contributed by atoms with E-state index in [1.165, 1.54) is 12.8 Å². The van der Waals surface area contributed by atoms with Gasteiger partial charge in [-0.1, -0.05) is 56.0 Å². The number of aliphatic hydroxyl groups is 1. The van der Waals surface area contributed by atoms with Gasteiger partial charge in [0.1, 0.15) is 12.2 Å². The van der Waals surface area contributed by atoms with Crippen molar-refractivity contribution in [3.63, 3.8) is 0 Å². The molecule has 0 spiro atoms. The SMILES string of the molecule is CCCCCC#C[C@](C)(O)[C@@H]1O[C@H]1c1ccccc1. The molecule has 3 atom stereocenters. The van der Waals surface area contributed by atoms with Gasteiger partial charge in [0.2, 0.25) is 0 Å². The molecule has 0 aliphatic carbocycles. The maximum absolute atomic E-state index is 10.3. The Morgan fingerprint density at radius 3 is 2.68 bits per heavy atom. The third-order valence-corrected chi connectivity index (χ3v) is 3.42. The second-order valence-corrected chi connectivity index (χ2v) is 5.29. The van der Waals surface area contributed by atoms with Crippen LogP contribution in [0.1, 0.15) is 51.2 Å². The molecule has 1 heterocycles. The maximum Gasteiger partial charge on any atom is 0.151 e. The minimum atomic E-state index is -1.05. The van der Waals surface area contributed by atoms with E-state index < -0.39 is 5.60 Å². The Kier molecular flexibility index (Phi) is 4.63. The number of benzene rings is 1. The number of hydrogen-bond donors (Lipinski definition) is 1. The van der Waals surface area contributed by atoms with Crippen LogP contribution in [-0.4, -0.2) is 16.8 Å². The van der Waals surface area contributed by atoms with E-state index in [0.717, 1.165) is 18.4 Å². The van der Waals surface area contributed by atoms with Crippen molar-refractivity contribution in [1.29, 1.82) is 0 Å². The van der Waals surface area contributed by atoms with Crippen LogP contribution >= 0.6 is 0 Å². The molecule has 102 valence electrons. The van der Waals surface area contributed by atoms with E-state index in [0.29, 0.717) is 0 Å². The molecular weight excluding hydrogens is 236 g/mol. The van der Waals surface area contributed by atoms with E-state index in [2.05, 4.69) is 18.8 Å². The van der Waals surface area contributed by atoms with Gasteiger partial charge in [-0.15, -0.1) is 5.92 Å². The van der Waals surface area contributed by atoms with Gasteiger partial charge in [0.05, 0.1) is 0 Å². The number of hydrogen-bond acceptors (Lipinski definition) is 2. The van der Waals surface area contributed by atoms with Gasteiger partial charge in [-0.25, -0.2) is 0 Å². The van der Waals surface area contributed by atoms with E-state index in [4.69, 9.17) is 4.74 Å². The van der Waals surface area contributed by atoms with Crippen molar-refractivity contribution in [1.82, 2.24) is 0 Å². The monoisotopic (exact) mass is 258 g/mol. The van der Waals surface area contributed by atoms with Crippen LogP contribution in [0.15, 0.2) is 30.3 Å². The highest BCUT2D eigenvalue weighted by Gasteiger charge is 2.51. The second-order valence-electron chi connectivity index (χ2n) is 5.29. The van der Waals surface area contributed by atoms with Crippen molar-refractivity contribution in [2.75, 3.05) is 0 Å². The summed E-state index contributed by atoms with van der Waals surface area (Å²) in [6.07, 6.45) is 4.14. The van der Waals surface area contributed by atoms with E-state index in [1.54, 1.807) is 6.92 Å². The Balaban J connectivity index is 1.88. The summed E-state index contributed by atoms with van der Waals surface area (Å²) < 4.78 is 5.59. The first-order valence-corrected chi connectivity index (χ1v) is 7.08. The van der Waals surface area contributed by atoms with E-state index in [-0.39, 0.29) is 12.2 Å². The minimum Gasteiger partial charge on any atom is -0.375 e. The molecule has 0 bridgehead atoms. The first-order valence-electron chi connectivity index (χ1n) is 7.08. The zero-order valence-electron chi connectivity index (χ0n) is 11.7. The largest absolute Gasteiger partial charge is 0.375 e. The summed E-state index contributed by atoms with van der Waals surface area (Å²) >= 11 is 0. The van der Waals surface area contributed by atoms with Crippen molar-refractivity contribution < 1.29 is 9.84 Å². The van der Waals surface area contributed by atoms with E-state index >= 15 is 0 Å². The molecule has 0 unspecified atom stereocenters. The quantitative estimate of drug-likeness (QED) is 0.498. The average Bonchev–Trinajstić information content (AvgIpc) is 3.20. The number of unbranched alkanes of at least 4 members (excludes halogenated alkanes) is 3. The Labute approximate surface area is 115 Å². The van der Waals surface area contributed by atoms with Crippen molar-refractivity contribution in [3.8, 4) is 11.8 Å². The smallest absolute Gasteiger partial charge is 0.151 e. The standard InChI is InChI=1S/C17H22O2/c1-3-4-5-6-10-13-17(2,18)16-15(19-16)14-11-8-7-9-12-14/h7-9,11-12,15-16,18H,3-6H2,1-2H3/t15-,16+,17-/m0/s1. The van der Waals surface area contributed by atoms with E-state index in [1.807, 2.05) is 30.3 Å². The van der Waals surface area contributed by atoms with Gasteiger partial charge in [-0.3, -0.25) is 0 Å². The molecule has 1 aliphatic heterocycles. The molecule has 1 aliphatic rings. The lowest BCUT2D eigenvalue weighted by Gasteiger charge is -2.12. The van der Waals surface area contributed by atoms with Crippen LogP contribution in [0.25, 0.3) is 0 Å². The minimum absolute atomic E-state index is 0.0128. The molecule has 2 nitrogen and oxygen atoms in total. The lowest BCUT2D eigenvalue weighted by molar-refractivity contribution is 0.0862. The molecule has 1 fully saturated rings. The maximum atomic E-state index is 10.3. The van der Waals surface area contributed by atoms with Crippen LogP contribution in [0, 0.1) is 11.8 Å². The van der Waals surface area contributed by atoms with E-state index in [9.17, 15) is 5.11 Å².